The molecule has 0 saturated carbocycles. The Kier molecular flexibility index (Phi) is 9.48. The third-order valence-electron chi connectivity index (χ3n) is 6.62. The summed E-state index contributed by atoms with van der Waals surface area (Å²) in [7, 11) is -2.67. The molecule has 2 saturated heterocycles. The second-order valence-electron chi connectivity index (χ2n) is 10.2. The van der Waals surface area contributed by atoms with Gasteiger partial charge in [0.15, 0.2) is 22.5 Å². The number of aromatic nitrogens is 4. The largest absolute Gasteiger partial charge is 0.479 e. The molecule has 0 aliphatic carbocycles. The summed E-state index contributed by atoms with van der Waals surface area (Å²) in [6, 6.07) is 0. The van der Waals surface area contributed by atoms with Gasteiger partial charge in [0.2, 0.25) is 11.8 Å². The zero-order valence-corrected chi connectivity index (χ0v) is 25.1. The lowest BCUT2D eigenvalue weighted by Gasteiger charge is -2.35. The number of amides is 1. The smallest absolute Gasteiger partial charge is 0.475 e. The third kappa shape index (κ3) is 6.77. The SMILES string of the molecule is CCOC(=O)NCCC(C)(C)C(=O)SCCO[P@@]1(=O)OC[C@H]2O[C@@H](n3cnc4c(OC)nc(N)nc43)[C@](C)(O)[C@@H]2O1. The highest BCUT2D eigenvalue weighted by atomic mass is 32.2. The van der Waals surface area contributed by atoms with E-state index in [1.807, 2.05) is 0 Å². The number of fused-ring (bicyclic) bond motifs is 2. The fourth-order valence-corrected chi connectivity index (χ4v) is 6.84. The third-order valence-corrected chi connectivity index (χ3v) is 9.26. The van der Waals surface area contributed by atoms with Crippen LogP contribution in [0.5, 0.6) is 5.88 Å². The van der Waals surface area contributed by atoms with E-state index < -0.39 is 43.4 Å². The Morgan fingerprint density at radius 1 is 1.39 bits per heavy atom. The lowest BCUT2D eigenvalue weighted by atomic mass is 9.91. The van der Waals surface area contributed by atoms with E-state index >= 15 is 0 Å². The number of carbonyl (C=O) groups is 2. The molecule has 4 N–H and O–H groups in total. The van der Waals surface area contributed by atoms with Crippen molar-refractivity contribution >= 4 is 47.9 Å². The van der Waals surface area contributed by atoms with Gasteiger partial charge in [-0.25, -0.2) is 14.3 Å². The Balaban J connectivity index is 1.33. The Bertz CT molecular complexity index is 1320. The summed E-state index contributed by atoms with van der Waals surface area (Å²) in [4.78, 5) is 36.6. The van der Waals surface area contributed by atoms with Crippen LogP contribution in [0.4, 0.5) is 10.7 Å². The van der Waals surface area contributed by atoms with E-state index in [2.05, 4.69) is 20.3 Å². The second kappa shape index (κ2) is 12.4. The molecule has 2 aromatic rings. The molecule has 18 heteroatoms. The minimum absolute atomic E-state index is 0.0586. The van der Waals surface area contributed by atoms with Crippen LogP contribution in [0, 0.1) is 5.41 Å². The van der Waals surface area contributed by atoms with E-state index in [4.69, 9.17) is 33.5 Å². The first kappa shape index (κ1) is 31.4. The van der Waals surface area contributed by atoms with Gasteiger partial charge in [-0.15, -0.1) is 0 Å². The van der Waals surface area contributed by atoms with Crippen molar-refractivity contribution in [1.82, 2.24) is 24.8 Å². The van der Waals surface area contributed by atoms with Crippen molar-refractivity contribution in [3.05, 3.63) is 6.33 Å². The summed E-state index contributed by atoms with van der Waals surface area (Å²) in [6.07, 6.45) is -1.64. The number of thioether (sulfide) groups is 1. The fourth-order valence-electron chi connectivity index (χ4n) is 4.40. The van der Waals surface area contributed by atoms with Gasteiger partial charge in [0.05, 0.1) is 33.3 Å². The van der Waals surface area contributed by atoms with Crippen molar-refractivity contribution in [2.75, 3.05) is 45.0 Å². The van der Waals surface area contributed by atoms with Gasteiger partial charge in [0.25, 0.3) is 0 Å². The van der Waals surface area contributed by atoms with Gasteiger partial charge >= 0.3 is 13.9 Å². The number of alkyl carbamates (subject to hydrolysis) is 1. The molecule has 0 spiro atoms. The topological polar surface area (TPSA) is 208 Å². The van der Waals surface area contributed by atoms with E-state index in [0.717, 1.165) is 11.8 Å². The van der Waals surface area contributed by atoms with Gasteiger partial charge in [-0.05, 0) is 20.3 Å². The highest BCUT2D eigenvalue weighted by Gasteiger charge is 2.60. The second-order valence-corrected chi connectivity index (χ2v) is 12.9. The van der Waals surface area contributed by atoms with Crippen molar-refractivity contribution in [3.8, 4) is 5.88 Å². The summed E-state index contributed by atoms with van der Waals surface area (Å²) in [5.41, 5.74) is 3.94. The van der Waals surface area contributed by atoms with E-state index in [9.17, 15) is 19.3 Å². The number of hydrogen-bond donors (Lipinski definition) is 3. The zero-order chi connectivity index (χ0) is 30.0. The maximum absolute atomic E-state index is 13.2. The van der Waals surface area contributed by atoms with E-state index in [0.29, 0.717) is 11.9 Å². The number of imidazole rings is 1. The number of anilines is 1. The molecule has 2 aromatic heterocycles. The van der Waals surface area contributed by atoms with Gasteiger partial charge in [-0.3, -0.25) is 22.9 Å². The molecule has 16 nitrogen and oxygen atoms in total. The van der Waals surface area contributed by atoms with Gasteiger partial charge in [-0.1, -0.05) is 25.6 Å². The first-order chi connectivity index (χ1) is 19.3. The van der Waals surface area contributed by atoms with Gasteiger partial charge < -0.3 is 30.4 Å². The predicted molar refractivity (Wildman–Crippen MR) is 146 cm³/mol. The Hall–Kier alpha value is -2.53. The molecular formula is C23H35N6O10PS. The molecule has 1 amide bonds. The minimum atomic E-state index is -4.09. The Morgan fingerprint density at radius 3 is 2.85 bits per heavy atom. The molecule has 228 valence electrons. The molecular weight excluding hydrogens is 583 g/mol. The number of nitrogens with one attached hydrogen (secondary N) is 1. The summed E-state index contributed by atoms with van der Waals surface area (Å²) < 4.78 is 47.3. The minimum Gasteiger partial charge on any atom is -0.479 e. The fraction of sp³-hybridized carbons (Fsp3) is 0.696. The molecule has 0 radical (unpaired) electrons. The predicted octanol–water partition coefficient (Wildman–Crippen LogP) is 2.03. The molecule has 0 unspecified atom stereocenters. The van der Waals surface area contributed by atoms with Crippen molar-refractivity contribution in [3.63, 3.8) is 0 Å². The number of ether oxygens (including phenoxy) is 3. The van der Waals surface area contributed by atoms with Crippen LogP contribution in [0.1, 0.15) is 40.3 Å². The van der Waals surface area contributed by atoms with Crippen molar-refractivity contribution in [1.29, 1.82) is 0 Å². The molecule has 5 atom stereocenters. The quantitative estimate of drug-likeness (QED) is 0.243. The monoisotopic (exact) mass is 618 g/mol. The number of nitrogens with two attached hydrogens (primary N) is 1. The summed E-state index contributed by atoms with van der Waals surface area (Å²) in [5.74, 6) is 0.279. The zero-order valence-electron chi connectivity index (χ0n) is 23.4. The van der Waals surface area contributed by atoms with Crippen LogP contribution in [0.2, 0.25) is 0 Å². The van der Waals surface area contributed by atoms with Crippen LogP contribution in [-0.4, -0.2) is 92.9 Å². The number of phosphoric ester groups is 1. The van der Waals surface area contributed by atoms with Gasteiger partial charge in [-0.2, -0.15) is 9.97 Å². The average Bonchev–Trinajstić information content (AvgIpc) is 3.43. The van der Waals surface area contributed by atoms with E-state index in [-0.39, 0.29) is 54.7 Å². The van der Waals surface area contributed by atoms with Crippen molar-refractivity contribution in [2.24, 2.45) is 5.41 Å². The van der Waals surface area contributed by atoms with Crippen LogP contribution in [0.25, 0.3) is 11.2 Å². The van der Waals surface area contributed by atoms with E-state index in [1.54, 1.807) is 20.8 Å². The van der Waals surface area contributed by atoms with Crippen LogP contribution in [0.3, 0.4) is 0 Å². The van der Waals surface area contributed by atoms with Crippen molar-refractivity contribution in [2.45, 2.75) is 58.2 Å². The number of nitrogens with zero attached hydrogens (tertiary/aromatic N) is 4. The van der Waals surface area contributed by atoms with Crippen LogP contribution < -0.4 is 15.8 Å². The lowest BCUT2D eigenvalue weighted by molar-refractivity contribution is -0.118. The van der Waals surface area contributed by atoms with Gasteiger partial charge in [0.1, 0.15) is 17.8 Å². The van der Waals surface area contributed by atoms with Crippen LogP contribution in [-0.2, 0) is 32.4 Å². The number of methoxy groups -OCH3 is 1. The standard InChI is InChI=1S/C23H35N6O10PS/c1-6-35-21(31)25-8-7-22(2,3)19(30)41-10-9-36-40(33)37-11-13-15(39-40)23(4,32)18(38-13)29-12-26-14-16(29)27-20(24)28-17(14)34-5/h12-13,15,18,32H,6-11H2,1-5H3,(H,25,31)(H2,24,27,28)/t13-,15-,18-,23-,40+/m1/s1. The molecule has 2 fully saturated rings. The first-order valence-electron chi connectivity index (χ1n) is 12.9. The molecule has 2 aliphatic heterocycles. The lowest BCUT2D eigenvalue weighted by Crippen LogP contribution is -2.47. The number of phosphoric acid groups is 1. The maximum atomic E-state index is 13.2. The number of nitrogen functional groups attached to an aromatic ring is 1. The first-order valence-corrected chi connectivity index (χ1v) is 15.3. The molecule has 4 heterocycles. The highest BCUT2D eigenvalue weighted by molar-refractivity contribution is 8.13. The summed E-state index contributed by atoms with van der Waals surface area (Å²) in [6.45, 7) is 6.96. The van der Waals surface area contributed by atoms with Crippen LogP contribution >= 0.6 is 19.6 Å². The summed E-state index contributed by atoms with van der Waals surface area (Å²) in [5, 5.41) is 13.9. The highest BCUT2D eigenvalue weighted by Crippen LogP contribution is 2.59. The Morgan fingerprint density at radius 2 is 2.15 bits per heavy atom. The molecule has 0 bridgehead atoms. The molecule has 41 heavy (non-hydrogen) atoms. The van der Waals surface area contributed by atoms with Crippen molar-refractivity contribution < 1.29 is 47.0 Å². The number of carbonyl (C=O) groups excluding carboxylic acids is 2. The molecule has 2 aliphatic rings. The van der Waals surface area contributed by atoms with Crippen LogP contribution in [0.15, 0.2) is 6.33 Å². The normalized spacial score (nSPS) is 27.9. The summed E-state index contributed by atoms with van der Waals surface area (Å²) >= 11 is 1.01. The number of hydrogen-bond acceptors (Lipinski definition) is 15. The van der Waals surface area contributed by atoms with E-state index in [1.165, 1.54) is 24.9 Å². The molecule has 4 rings (SSSR count). The maximum Gasteiger partial charge on any atom is 0.475 e. The average molecular weight is 619 g/mol. The number of aliphatic hydroxyl groups is 1. The van der Waals surface area contributed by atoms with Gasteiger partial charge in [0, 0.05) is 17.7 Å². The number of rotatable bonds is 11. The Labute approximate surface area is 240 Å². The molecule has 0 aromatic carbocycles.